The number of allylic oxidation sites excluding steroid dienone is 2. The largest absolute Gasteiger partial charge is 0.400 e. The molecule has 4 heteroatoms. The van der Waals surface area contributed by atoms with Gasteiger partial charge in [-0.15, -0.1) is 0 Å². The molecule has 0 saturated heterocycles. The second kappa shape index (κ2) is 5.51. The average molecular weight is 271 g/mol. The number of unbranched alkanes of at least 4 members (excludes halogenated alkanes) is 1. The Labute approximate surface area is 79.2 Å². The van der Waals surface area contributed by atoms with Gasteiger partial charge < -0.3 is 5.73 Å². The summed E-state index contributed by atoms with van der Waals surface area (Å²) in [6, 6.07) is 0. The van der Waals surface area contributed by atoms with Crippen molar-refractivity contribution in [3.05, 3.63) is 11.5 Å². The minimum absolute atomic E-state index is 0.0752. The van der Waals surface area contributed by atoms with E-state index >= 15 is 0 Å². The first-order valence-corrected chi connectivity index (χ1v) is 4.51. The smallest absolute Gasteiger partial charge is 0.252 e. The van der Waals surface area contributed by atoms with Crippen LogP contribution >= 0.6 is 22.6 Å². The van der Waals surface area contributed by atoms with Crippen LogP contribution in [0.3, 0.4) is 0 Å². The Hall–Kier alpha value is -0.130. The fourth-order valence-corrected chi connectivity index (χ4v) is 0.950. The molecule has 2 nitrogen and oxygen atoms in total. The normalized spacial score (nSPS) is 12.6. The van der Waals surface area contributed by atoms with Crippen LogP contribution in [0, 0.1) is 0 Å². The molecule has 0 atom stereocenters. The molecule has 0 spiro atoms. The molecular weight excluding hydrogens is 260 g/mol. The fourth-order valence-electron chi connectivity index (χ4n) is 0.603. The van der Waals surface area contributed by atoms with E-state index in [-0.39, 0.29) is 5.70 Å². The third-order valence-electron chi connectivity index (χ3n) is 1.25. The Bertz CT molecular complexity index is 179. The van der Waals surface area contributed by atoms with Crippen LogP contribution in [0.1, 0.15) is 26.2 Å². The molecule has 0 rings (SSSR count). The van der Waals surface area contributed by atoms with E-state index in [1.54, 1.807) is 0 Å². The van der Waals surface area contributed by atoms with Gasteiger partial charge in [-0.2, -0.15) is 0 Å². The topological polar surface area (TPSA) is 43.1 Å². The lowest BCUT2D eigenvalue weighted by Gasteiger charge is -1.98. The molecule has 0 radical (unpaired) electrons. The summed E-state index contributed by atoms with van der Waals surface area (Å²) in [6.45, 7) is 1.98. The van der Waals surface area contributed by atoms with Gasteiger partial charge in [0.05, 0.1) is 0 Å². The van der Waals surface area contributed by atoms with Crippen molar-refractivity contribution in [3.63, 3.8) is 0 Å². The highest BCUT2D eigenvalue weighted by Gasteiger charge is 2.08. The van der Waals surface area contributed by atoms with Gasteiger partial charge in [0, 0.05) is 28.3 Å². The van der Waals surface area contributed by atoms with Crippen LogP contribution in [0.15, 0.2) is 11.5 Å². The van der Waals surface area contributed by atoms with Gasteiger partial charge in [-0.25, -0.2) is 4.39 Å². The highest BCUT2D eigenvalue weighted by Crippen LogP contribution is 2.12. The van der Waals surface area contributed by atoms with E-state index in [4.69, 9.17) is 5.73 Å². The zero-order valence-corrected chi connectivity index (χ0v) is 8.52. The van der Waals surface area contributed by atoms with Crippen molar-refractivity contribution < 1.29 is 9.18 Å². The zero-order chi connectivity index (χ0) is 8.85. The molecule has 0 aliphatic rings. The summed E-state index contributed by atoms with van der Waals surface area (Å²) in [7, 11) is 0. The van der Waals surface area contributed by atoms with Crippen LogP contribution in [-0.4, -0.2) is 3.79 Å². The van der Waals surface area contributed by atoms with Gasteiger partial charge in [-0.1, -0.05) is 13.3 Å². The van der Waals surface area contributed by atoms with Crippen LogP contribution in [0.5, 0.6) is 0 Å². The molecule has 0 aromatic heterocycles. The Kier molecular flexibility index (Phi) is 5.45. The number of carbonyl (C=O) groups excluding carboxylic acids is 1. The highest BCUT2D eigenvalue weighted by molar-refractivity contribution is 14.1. The standard InChI is InChI=1S/C7H11FINO/c1-2-3-4-5(10)6(8)7(9)11/h2-4,10H2,1H3. The molecule has 0 aliphatic carbocycles. The van der Waals surface area contributed by atoms with Gasteiger partial charge >= 0.3 is 0 Å². The summed E-state index contributed by atoms with van der Waals surface area (Å²) in [5, 5.41) is 0. The van der Waals surface area contributed by atoms with Crippen LogP contribution in [0.2, 0.25) is 0 Å². The number of carbonyl (C=O) groups is 1. The third kappa shape index (κ3) is 4.34. The van der Waals surface area contributed by atoms with Crippen molar-refractivity contribution in [2.45, 2.75) is 26.2 Å². The number of hydrogen-bond acceptors (Lipinski definition) is 2. The maximum absolute atomic E-state index is 12.6. The fraction of sp³-hybridized carbons (Fsp3) is 0.571. The van der Waals surface area contributed by atoms with E-state index in [0.717, 1.165) is 12.8 Å². The molecule has 0 bridgehead atoms. The Balaban J connectivity index is 4.05. The molecule has 0 aromatic rings. The lowest BCUT2D eigenvalue weighted by molar-refractivity contribution is -0.107. The number of halogens is 2. The highest BCUT2D eigenvalue weighted by atomic mass is 127. The maximum Gasteiger partial charge on any atom is 0.252 e. The number of hydrogen-bond donors (Lipinski definition) is 1. The average Bonchev–Trinajstić information content (AvgIpc) is 1.98. The second-order valence-electron chi connectivity index (χ2n) is 2.22. The van der Waals surface area contributed by atoms with Crippen molar-refractivity contribution >= 4 is 26.4 Å². The Morgan fingerprint density at radius 3 is 2.55 bits per heavy atom. The number of nitrogens with two attached hydrogens (primary N) is 1. The molecule has 0 heterocycles. The summed E-state index contributed by atoms with van der Waals surface area (Å²) < 4.78 is 12.0. The van der Waals surface area contributed by atoms with Crippen LogP contribution < -0.4 is 5.73 Å². The van der Waals surface area contributed by atoms with Crippen LogP contribution in [0.25, 0.3) is 0 Å². The monoisotopic (exact) mass is 271 g/mol. The molecule has 0 amide bonds. The lowest BCUT2D eigenvalue weighted by atomic mass is 10.2. The summed E-state index contributed by atoms with van der Waals surface area (Å²) in [5.41, 5.74) is 5.36. The second-order valence-corrected chi connectivity index (χ2v) is 3.20. The Morgan fingerprint density at radius 1 is 1.64 bits per heavy atom. The minimum atomic E-state index is -0.793. The van der Waals surface area contributed by atoms with Gasteiger partial charge in [0.1, 0.15) is 0 Å². The molecule has 11 heavy (non-hydrogen) atoms. The summed E-state index contributed by atoms with van der Waals surface area (Å²) in [4.78, 5) is 10.4. The van der Waals surface area contributed by atoms with Gasteiger partial charge in [-0.3, -0.25) is 4.79 Å². The van der Waals surface area contributed by atoms with Gasteiger partial charge in [-0.05, 0) is 12.8 Å². The van der Waals surface area contributed by atoms with E-state index in [1.165, 1.54) is 22.6 Å². The first-order valence-electron chi connectivity index (χ1n) is 3.43. The molecule has 0 aromatic carbocycles. The van der Waals surface area contributed by atoms with Gasteiger partial charge in [0.25, 0.3) is 3.79 Å². The van der Waals surface area contributed by atoms with E-state index < -0.39 is 9.62 Å². The molecule has 0 aliphatic heterocycles. The van der Waals surface area contributed by atoms with Crippen molar-refractivity contribution in [2.24, 2.45) is 5.73 Å². The van der Waals surface area contributed by atoms with Gasteiger partial charge in [0.15, 0.2) is 5.83 Å². The summed E-state index contributed by atoms with van der Waals surface area (Å²) in [6.07, 6.45) is 2.24. The predicted octanol–water partition coefficient (Wildman–Crippen LogP) is 2.28. The summed E-state index contributed by atoms with van der Waals surface area (Å²) >= 11 is 1.38. The predicted molar refractivity (Wildman–Crippen MR) is 50.9 cm³/mol. The zero-order valence-electron chi connectivity index (χ0n) is 6.36. The van der Waals surface area contributed by atoms with E-state index in [0.29, 0.717) is 6.42 Å². The molecular formula is C7H11FINO. The molecule has 0 fully saturated rings. The molecule has 64 valence electrons. The van der Waals surface area contributed by atoms with Crippen molar-refractivity contribution in [1.82, 2.24) is 0 Å². The first kappa shape index (κ1) is 10.9. The lowest BCUT2D eigenvalue weighted by Crippen LogP contribution is -2.03. The maximum atomic E-state index is 12.6. The van der Waals surface area contributed by atoms with E-state index in [9.17, 15) is 9.18 Å². The van der Waals surface area contributed by atoms with Crippen LogP contribution in [-0.2, 0) is 4.79 Å². The van der Waals surface area contributed by atoms with Crippen molar-refractivity contribution in [2.75, 3.05) is 0 Å². The molecule has 0 saturated carbocycles. The van der Waals surface area contributed by atoms with Crippen molar-refractivity contribution in [3.8, 4) is 0 Å². The minimum Gasteiger partial charge on any atom is -0.400 e. The third-order valence-corrected chi connectivity index (χ3v) is 1.73. The van der Waals surface area contributed by atoms with Gasteiger partial charge in [0.2, 0.25) is 0 Å². The van der Waals surface area contributed by atoms with Crippen molar-refractivity contribution in [1.29, 1.82) is 0 Å². The summed E-state index contributed by atoms with van der Waals surface area (Å²) in [5.74, 6) is -0.793. The van der Waals surface area contributed by atoms with Crippen LogP contribution in [0.4, 0.5) is 4.39 Å². The molecule has 2 N–H and O–H groups in total. The van der Waals surface area contributed by atoms with E-state index in [1.807, 2.05) is 6.92 Å². The SMILES string of the molecule is CCCCC(N)=C(F)C(=O)I. The molecule has 0 unspecified atom stereocenters. The first-order chi connectivity index (χ1) is 5.09. The van der Waals surface area contributed by atoms with E-state index in [2.05, 4.69) is 0 Å². The Morgan fingerprint density at radius 2 is 2.18 bits per heavy atom. The quantitative estimate of drug-likeness (QED) is 0.484. The number of rotatable bonds is 4.